The largest absolute Gasteiger partial charge is 0.488 e. The second-order valence-electron chi connectivity index (χ2n) is 7.81. The Morgan fingerprint density at radius 3 is 2.59 bits per heavy atom. The van der Waals surface area contributed by atoms with E-state index in [9.17, 15) is 9.59 Å². The standard InChI is InChI=1S/C23H25N5O5S/c1-14(13-31-3)32-18-9-17(21(29)26-23-25-15(2)27-34-23)10-19(11-18)33-20-6-5-16(12-24-20)22(30)28-7-4-8-28/h5-6,9-12,14H,4,7-8,13H2,1-3H3,(H,25,26,27,29)/t14-/m0/s1. The molecule has 2 aromatic heterocycles. The first-order valence-corrected chi connectivity index (χ1v) is 11.5. The number of rotatable bonds is 9. The van der Waals surface area contributed by atoms with Crippen molar-refractivity contribution in [3.63, 3.8) is 0 Å². The quantitative estimate of drug-likeness (QED) is 0.491. The number of ether oxygens (including phenoxy) is 3. The molecule has 4 rings (SSSR count). The van der Waals surface area contributed by atoms with E-state index < -0.39 is 0 Å². The molecule has 1 aromatic carbocycles. The molecule has 3 heterocycles. The Balaban J connectivity index is 1.54. The first kappa shape index (κ1) is 23.6. The zero-order valence-electron chi connectivity index (χ0n) is 19.1. The highest BCUT2D eigenvalue weighted by atomic mass is 32.1. The lowest BCUT2D eigenvalue weighted by molar-refractivity contribution is 0.0651. The molecular weight excluding hydrogens is 458 g/mol. The summed E-state index contributed by atoms with van der Waals surface area (Å²) in [5, 5.41) is 3.13. The number of carbonyl (C=O) groups excluding carboxylic acids is 2. The van der Waals surface area contributed by atoms with Crippen LogP contribution in [0.2, 0.25) is 0 Å². The van der Waals surface area contributed by atoms with Crippen molar-refractivity contribution in [2.45, 2.75) is 26.4 Å². The third kappa shape index (κ3) is 5.86. The van der Waals surface area contributed by atoms with Gasteiger partial charge in [-0.2, -0.15) is 4.37 Å². The van der Waals surface area contributed by atoms with Crippen LogP contribution in [0.25, 0.3) is 0 Å². The van der Waals surface area contributed by atoms with E-state index in [-0.39, 0.29) is 23.8 Å². The van der Waals surface area contributed by atoms with Gasteiger partial charge in [-0.1, -0.05) is 0 Å². The zero-order valence-corrected chi connectivity index (χ0v) is 19.9. The summed E-state index contributed by atoms with van der Waals surface area (Å²) in [6.45, 7) is 5.53. The van der Waals surface area contributed by atoms with Crippen molar-refractivity contribution in [2.75, 3.05) is 32.1 Å². The van der Waals surface area contributed by atoms with E-state index in [1.807, 2.05) is 6.92 Å². The summed E-state index contributed by atoms with van der Waals surface area (Å²) in [5.74, 6) is 1.23. The summed E-state index contributed by atoms with van der Waals surface area (Å²) < 4.78 is 21.0. The van der Waals surface area contributed by atoms with Crippen molar-refractivity contribution >= 4 is 28.5 Å². The maximum atomic E-state index is 12.8. The number of carbonyl (C=O) groups is 2. The van der Waals surface area contributed by atoms with Gasteiger partial charge in [-0.05, 0) is 38.5 Å². The van der Waals surface area contributed by atoms with Crippen LogP contribution in [0.5, 0.6) is 17.4 Å². The maximum Gasteiger partial charge on any atom is 0.257 e. The SMILES string of the molecule is COC[C@H](C)Oc1cc(Oc2ccc(C(=O)N3CCC3)cn2)cc(C(=O)Nc2nc(C)ns2)c1. The van der Waals surface area contributed by atoms with Crippen LogP contribution in [0.1, 0.15) is 39.9 Å². The van der Waals surface area contributed by atoms with Gasteiger partial charge in [0.2, 0.25) is 11.0 Å². The molecule has 11 heteroatoms. The number of hydrogen-bond acceptors (Lipinski definition) is 9. The molecule has 0 radical (unpaired) electrons. The fourth-order valence-corrected chi connectivity index (χ4v) is 3.81. The molecule has 1 saturated heterocycles. The molecule has 2 amide bonds. The van der Waals surface area contributed by atoms with E-state index in [4.69, 9.17) is 14.2 Å². The summed E-state index contributed by atoms with van der Waals surface area (Å²) in [6, 6.07) is 8.16. The fraction of sp³-hybridized carbons (Fsp3) is 0.348. The molecule has 34 heavy (non-hydrogen) atoms. The fourth-order valence-electron chi connectivity index (χ4n) is 3.24. The second kappa shape index (κ2) is 10.6. The van der Waals surface area contributed by atoms with Gasteiger partial charge in [-0.3, -0.25) is 14.9 Å². The third-order valence-corrected chi connectivity index (χ3v) is 5.70. The number of anilines is 1. The number of pyridine rings is 1. The van der Waals surface area contributed by atoms with Gasteiger partial charge in [0, 0.05) is 55.6 Å². The van der Waals surface area contributed by atoms with Crippen molar-refractivity contribution < 1.29 is 23.8 Å². The van der Waals surface area contributed by atoms with E-state index >= 15 is 0 Å². The highest BCUT2D eigenvalue weighted by Gasteiger charge is 2.22. The number of nitrogens with one attached hydrogen (secondary N) is 1. The van der Waals surface area contributed by atoms with Crippen LogP contribution in [0.15, 0.2) is 36.5 Å². The van der Waals surface area contributed by atoms with E-state index in [2.05, 4.69) is 19.7 Å². The maximum absolute atomic E-state index is 12.8. The molecule has 1 atom stereocenters. The number of aryl methyl sites for hydroxylation is 1. The minimum absolute atomic E-state index is 0.0429. The van der Waals surface area contributed by atoms with Crippen molar-refractivity contribution in [2.24, 2.45) is 0 Å². The van der Waals surface area contributed by atoms with Crippen molar-refractivity contribution in [3.05, 3.63) is 53.5 Å². The number of likely N-dealkylation sites (tertiary alicyclic amines) is 1. The number of nitrogens with zero attached hydrogens (tertiary/aromatic N) is 4. The Kier molecular flexibility index (Phi) is 7.33. The Hall–Kier alpha value is -3.57. The summed E-state index contributed by atoms with van der Waals surface area (Å²) in [4.78, 5) is 35.4. The van der Waals surface area contributed by atoms with Crippen LogP contribution in [-0.4, -0.2) is 64.0 Å². The molecule has 1 aliphatic rings. The van der Waals surface area contributed by atoms with Gasteiger partial charge in [-0.25, -0.2) is 9.97 Å². The predicted octanol–water partition coefficient (Wildman–Crippen LogP) is 3.55. The molecule has 1 N–H and O–H groups in total. The molecule has 0 spiro atoms. The Labute approximate surface area is 201 Å². The minimum Gasteiger partial charge on any atom is -0.488 e. The topological polar surface area (TPSA) is 116 Å². The first-order valence-electron chi connectivity index (χ1n) is 10.8. The number of methoxy groups -OCH3 is 1. The minimum atomic E-state index is -0.380. The van der Waals surface area contributed by atoms with Gasteiger partial charge >= 0.3 is 0 Å². The highest BCUT2D eigenvalue weighted by molar-refractivity contribution is 7.09. The Morgan fingerprint density at radius 1 is 1.18 bits per heavy atom. The second-order valence-corrected chi connectivity index (χ2v) is 8.56. The summed E-state index contributed by atoms with van der Waals surface area (Å²) >= 11 is 1.10. The number of amides is 2. The molecule has 0 aliphatic carbocycles. The molecule has 1 aliphatic heterocycles. The normalized spacial score (nSPS) is 13.7. The third-order valence-electron chi connectivity index (χ3n) is 4.98. The van der Waals surface area contributed by atoms with Crippen LogP contribution < -0.4 is 14.8 Å². The first-order chi connectivity index (χ1) is 16.4. The smallest absolute Gasteiger partial charge is 0.257 e. The van der Waals surface area contributed by atoms with E-state index in [0.717, 1.165) is 31.0 Å². The molecule has 1 fully saturated rings. The van der Waals surface area contributed by atoms with Gasteiger partial charge in [-0.15, -0.1) is 0 Å². The molecule has 0 bridgehead atoms. The number of aromatic nitrogens is 3. The lowest BCUT2D eigenvalue weighted by Crippen LogP contribution is -2.42. The van der Waals surface area contributed by atoms with Crippen molar-refractivity contribution in [3.8, 4) is 17.4 Å². The monoisotopic (exact) mass is 483 g/mol. The average Bonchev–Trinajstić information content (AvgIpc) is 3.17. The zero-order chi connectivity index (χ0) is 24.1. The Bertz CT molecular complexity index is 1160. The van der Waals surface area contributed by atoms with Crippen molar-refractivity contribution in [1.82, 2.24) is 19.2 Å². The van der Waals surface area contributed by atoms with Gasteiger partial charge < -0.3 is 19.1 Å². The summed E-state index contributed by atoms with van der Waals surface area (Å²) in [5.41, 5.74) is 0.819. The van der Waals surface area contributed by atoms with Crippen LogP contribution in [0, 0.1) is 6.92 Å². The van der Waals surface area contributed by atoms with Crippen LogP contribution in [0.4, 0.5) is 5.13 Å². The van der Waals surface area contributed by atoms with Crippen LogP contribution >= 0.6 is 11.5 Å². The Morgan fingerprint density at radius 2 is 1.97 bits per heavy atom. The summed E-state index contributed by atoms with van der Waals surface area (Å²) in [7, 11) is 1.59. The van der Waals surface area contributed by atoms with Crippen molar-refractivity contribution in [1.29, 1.82) is 0 Å². The van der Waals surface area contributed by atoms with E-state index in [1.54, 1.807) is 49.3 Å². The van der Waals surface area contributed by atoms with Gasteiger partial charge in [0.1, 0.15) is 23.4 Å². The predicted molar refractivity (Wildman–Crippen MR) is 126 cm³/mol. The van der Waals surface area contributed by atoms with E-state index in [1.165, 1.54) is 6.20 Å². The molecule has 0 unspecified atom stereocenters. The van der Waals surface area contributed by atoms with Gasteiger partial charge in [0.25, 0.3) is 11.8 Å². The molecule has 0 saturated carbocycles. The molecular formula is C23H25N5O5S. The summed E-state index contributed by atoms with van der Waals surface area (Å²) in [6.07, 6.45) is 2.27. The van der Waals surface area contributed by atoms with Crippen LogP contribution in [-0.2, 0) is 4.74 Å². The number of hydrogen-bond donors (Lipinski definition) is 1. The van der Waals surface area contributed by atoms with E-state index in [0.29, 0.717) is 40.2 Å². The highest BCUT2D eigenvalue weighted by Crippen LogP contribution is 2.28. The lowest BCUT2D eigenvalue weighted by atomic mass is 10.1. The van der Waals surface area contributed by atoms with Gasteiger partial charge in [0.05, 0.1) is 12.2 Å². The lowest BCUT2D eigenvalue weighted by Gasteiger charge is -2.30. The molecule has 10 nitrogen and oxygen atoms in total. The van der Waals surface area contributed by atoms with Gasteiger partial charge in [0.15, 0.2) is 0 Å². The molecule has 178 valence electrons. The molecule has 3 aromatic rings. The number of benzene rings is 1. The average molecular weight is 484 g/mol. The van der Waals surface area contributed by atoms with Crippen LogP contribution in [0.3, 0.4) is 0 Å².